The molecule has 1 aliphatic rings. The van der Waals surface area contributed by atoms with Crippen LogP contribution in [-0.2, 0) is 16.4 Å². The van der Waals surface area contributed by atoms with E-state index in [1.54, 1.807) is 16.2 Å². The monoisotopic (exact) mass is 349 g/mol. The molecule has 0 N–H and O–H groups in total. The van der Waals surface area contributed by atoms with Gasteiger partial charge in [0, 0.05) is 16.5 Å². The van der Waals surface area contributed by atoms with Crippen molar-refractivity contribution in [2.45, 2.75) is 25.9 Å². The first-order valence-corrected chi connectivity index (χ1v) is 10.3. The van der Waals surface area contributed by atoms with Crippen LogP contribution < -0.4 is 0 Å². The zero-order valence-corrected chi connectivity index (χ0v) is 14.6. The van der Waals surface area contributed by atoms with Crippen LogP contribution in [0.15, 0.2) is 41.8 Å². The number of carbonyl (C=O) groups is 1. The Morgan fingerprint density at radius 3 is 2.65 bits per heavy atom. The summed E-state index contributed by atoms with van der Waals surface area (Å²) < 4.78 is 23.7. The van der Waals surface area contributed by atoms with Gasteiger partial charge in [-0.3, -0.25) is 4.79 Å². The Balaban J connectivity index is 1.91. The molecule has 0 unspecified atom stereocenters. The van der Waals surface area contributed by atoms with Gasteiger partial charge in [0.05, 0.1) is 18.1 Å². The molecule has 1 aromatic carbocycles. The van der Waals surface area contributed by atoms with Crippen molar-refractivity contribution in [1.29, 1.82) is 0 Å². The lowest BCUT2D eigenvalue weighted by molar-refractivity contribution is 0.0682. The first kappa shape index (κ1) is 16.2. The number of benzene rings is 1. The van der Waals surface area contributed by atoms with Crippen LogP contribution in [0, 0.1) is 6.92 Å². The van der Waals surface area contributed by atoms with Gasteiger partial charge in [0.2, 0.25) is 0 Å². The Hall–Kier alpha value is -1.66. The Labute approximate surface area is 140 Å². The van der Waals surface area contributed by atoms with Crippen LogP contribution in [0.4, 0.5) is 0 Å². The summed E-state index contributed by atoms with van der Waals surface area (Å²) in [5, 5.41) is 1.97. The number of hydrogen-bond acceptors (Lipinski definition) is 4. The van der Waals surface area contributed by atoms with Crippen molar-refractivity contribution in [2.75, 3.05) is 11.5 Å². The van der Waals surface area contributed by atoms with Gasteiger partial charge in [-0.2, -0.15) is 0 Å². The fraction of sp³-hybridized carbons (Fsp3) is 0.353. The van der Waals surface area contributed by atoms with E-state index >= 15 is 0 Å². The highest BCUT2D eigenvalue weighted by molar-refractivity contribution is 7.91. The number of hydrogen-bond donors (Lipinski definition) is 0. The van der Waals surface area contributed by atoms with Crippen LogP contribution in [0.25, 0.3) is 0 Å². The third kappa shape index (κ3) is 3.64. The Kier molecular flexibility index (Phi) is 4.55. The van der Waals surface area contributed by atoms with E-state index in [4.69, 9.17) is 0 Å². The Morgan fingerprint density at radius 1 is 1.26 bits per heavy atom. The highest BCUT2D eigenvalue weighted by Gasteiger charge is 2.35. The van der Waals surface area contributed by atoms with Crippen LogP contribution >= 0.6 is 11.3 Å². The molecule has 1 fully saturated rings. The number of amides is 1. The summed E-state index contributed by atoms with van der Waals surface area (Å²) >= 11 is 1.58. The molecule has 1 saturated heterocycles. The van der Waals surface area contributed by atoms with Gasteiger partial charge in [0.1, 0.15) is 0 Å². The molecule has 3 rings (SSSR count). The lowest BCUT2D eigenvalue weighted by Crippen LogP contribution is -2.40. The third-order valence-electron chi connectivity index (χ3n) is 4.19. The van der Waals surface area contributed by atoms with E-state index < -0.39 is 9.84 Å². The topological polar surface area (TPSA) is 54.5 Å². The van der Waals surface area contributed by atoms with Crippen LogP contribution in [0.3, 0.4) is 0 Å². The average Bonchev–Trinajstić information content (AvgIpc) is 3.14. The molecule has 0 radical (unpaired) electrons. The molecule has 6 heteroatoms. The van der Waals surface area contributed by atoms with E-state index in [0.717, 1.165) is 10.4 Å². The molecular weight excluding hydrogens is 330 g/mol. The quantitative estimate of drug-likeness (QED) is 0.853. The van der Waals surface area contributed by atoms with Gasteiger partial charge in [-0.1, -0.05) is 24.3 Å². The summed E-state index contributed by atoms with van der Waals surface area (Å²) in [5.41, 5.74) is 1.56. The van der Waals surface area contributed by atoms with E-state index in [9.17, 15) is 13.2 Å². The first-order chi connectivity index (χ1) is 11.0. The van der Waals surface area contributed by atoms with E-state index in [1.807, 2.05) is 48.7 Å². The molecular formula is C17H19NO3S2. The molecule has 2 heterocycles. The van der Waals surface area contributed by atoms with Gasteiger partial charge in [0.25, 0.3) is 5.91 Å². The van der Waals surface area contributed by atoms with E-state index in [2.05, 4.69) is 0 Å². The second-order valence-corrected chi connectivity index (χ2v) is 9.15. The van der Waals surface area contributed by atoms with Crippen molar-refractivity contribution < 1.29 is 13.2 Å². The van der Waals surface area contributed by atoms with Gasteiger partial charge < -0.3 is 4.90 Å². The maximum absolute atomic E-state index is 13.0. The largest absolute Gasteiger partial charge is 0.329 e. The fourth-order valence-electron chi connectivity index (χ4n) is 2.93. The van der Waals surface area contributed by atoms with Gasteiger partial charge in [-0.05, 0) is 36.4 Å². The smallest absolute Gasteiger partial charge is 0.254 e. The lowest BCUT2D eigenvalue weighted by Gasteiger charge is -2.28. The van der Waals surface area contributed by atoms with Crippen molar-refractivity contribution in [1.82, 2.24) is 4.90 Å². The molecule has 0 spiro atoms. The van der Waals surface area contributed by atoms with Crippen molar-refractivity contribution in [3.8, 4) is 0 Å². The highest BCUT2D eigenvalue weighted by atomic mass is 32.2. The Bertz CT molecular complexity index is 797. The number of thiophene rings is 1. The maximum atomic E-state index is 13.0. The summed E-state index contributed by atoms with van der Waals surface area (Å²) in [6, 6.07) is 11.1. The normalized spacial score (nSPS) is 19.6. The summed E-state index contributed by atoms with van der Waals surface area (Å²) in [5.74, 6) is 0.147. The van der Waals surface area contributed by atoms with Gasteiger partial charge >= 0.3 is 0 Å². The van der Waals surface area contributed by atoms with Crippen LogP contribution in [-0.4, -0.2) is 36.8 Å². The summed E-state index contributed by atoms with van der Waals surface area (Å²) in [4.78, 5) is 15.8. The SMILES string of the molecule is Cc1ccccc1C(=O)N(Cc1cccs1)[C@@H]1CCS(=O)(=O)C1. The minimum absolute atomic E-state index is 0.0655. The summed E-state index contributed by atoms with van der Waals surface area (Å²) in [6.45, 7) is 2.37. The third-order valence-corrected chi connectivity index (χ3v) is 6.80. The van der Waals surface area contributed by atoms with Crippen LogP contribution in [0.1, 0.15) is 27.2 Å². The summed E-state index contributed by atoms with van der Waals surface area (Å²) in [7, 11) is -3.04. The number of rotatable bonds is 4. The molecule has 2 aromatic rings. The molecule has 1 atom stereocenters. The molecule has 122 valence electrons. The first-order valence-electron chi connectivity index (χ1n) is 7.56. The van der Waals surface area contributed by atoms with E-state index in [0.29, 0.717) is 18.5 Å². The summed E-state index contributed by atoms with van der Waals surface area (Å²) in [6.07, 6.45) is 0.519. The second-order valence-electron chi connectivity index (χ2n) is 5.88. The predicted molar refractivity (Wildman–Crippen MR) is 92.4 cm³/mol. The molecule has 0 bridgehead atoms. The van der Waals surface area contributed by atoms with Crippen molar-refractivity contribution >= 4 is 27.1 Å². The van der Waals surface area contributed by atoms with Gasteiger partial charge in [-0.25, -0.2) is 8.42 Å². The Morgan fingerprint density at radius 2 is 2.04 bits per heavy atom. The molecule has 0 aliphatic carbocycles. The number of nitrogens with zero attached hydrogens (tertiary/aromatic N) is 1. The number of carbonyl (C=O) groups excluding carboxylic acids is 1. The number of sulfone groups is 1. The van der Waals surface area contributed by atoms with Crippen LogP contribution in [0.2, 0.25) is 0 Å². The molecule has 0 saturated carbocycles. The van der Waals surface area contributed by atoms with Gasteiger partial charge in [0.15, 0.2) is 9.84 Å². The standard InChI is InChI=1S/C17H19NO3S2/c1-13-5-2-3-7-16(13)17(19)18(11-15-6-4-9-22-15)14-8-10-23(20,21)12-14/h2-7,9,14H,8,10-12H2,1H3/t14-/m1/s1. The van der Waals surface area contributed by atoms with Crippen LogP contribution in [0.5, 0.6) is 0 Å². The minimum atomic E-state index is -3.04. The van der Waals surface area contributed by atoms with E-state index in [1.165, 1.54) is 0 Å². The average molecular weight is 349 g/mol. The fourth-order valence-corrected chi connectivity index (χ4v) is 5.36. The number of aryl methyl sites for hydroxylation is 1. The molecule has 4 nitrogen and oxygen atoms in total. The highest BCUT2D eigenvalue weighted by Crippen LogP contribution is 2.24. The lowest BCUT2D eigenvalue weighted by atomic mass is 10.1. The van der Waals surface area contributed by atoms with Crippen molar-refractivity contribution in [2.24, 2.45) is 0 Å². The maximum Gasteiger partial charge on any atom is 0.254 e. The zero-order valence-electron chi connectivity index (χ0n) is 12.9. The van der Waals surface area contributed by atoms with E-state index in [-0.39, 0.29) is 23.5 Å². The van der Waals surface area contributed by atoms with Crippen molar-refractivity contribution in [3.63, 3.8) is 0 Å². The second kappa shape index (κ2) is 6.45. The van der Waals surface area contributed by atoms with Gasteiger partial charge in [-0.15, -0.1) is 11.3 Å². The zero-order chi connectivity index (χ0) is 16.4. The van der Waals surface area contributed by atoms with Crippen molar-refractivity contribution in [3.05, 3.63) is 57.8 Å². The molecule has 1 aromatic heterocycles. The molecule has 23 heavy (non-hydrogen) atoms. The molecule has 1 amide bonds. The minimum Gasteiger partial charge on any atom is -0.329 e. The predicted octanol–water partition coefficient (Wildman–Crippen LogP) is 2.89. The molecule has 1 aliphatic heterocycles.